The fourth-order valence-corrected chi connectivity index (χ4v) is 3.50. The molecule has 26 heavy (non-hydrogen) atoms. The summed E-state index contributed by atoms with van der Waals surface area (Å²) in [6.07, 6.45) is 1.56. The van der Waals surface area contributed by atoms with Crippen molar-refractivity contribution in [2.24, 2.45) is 10.6 Å². The normalized spacial score (nSPS) is 23.0. The van der Waals surface area contributed by atoms with Gasteiger partial charge in [-0.1, -0.05) is 17.3 Å². The molecular weight excluding hydrogens is 339 g/mol. The van der Waals surface area contributed by atoms with Crippen molar-refractivity contribution >= 4 is 11.6 Å². The third-order valence-corrected chi connectivity index (χ3v) is 5.02. The van der Waals surface area contributed by atoms with Crippen LogP contribution in [0.15, 0.2) is 29.4 Å². The fraction of sp³-hybridized carbons (Fsp3) is 0.579. The average Bonchev–Trinajstić information content (AvgIpc) is 3.09. The van der Waals surface area contributed by atoms with Crippen LogP contribution in [0.2, 0.25) is 0 Å². The molecule has 1 saturated heterocycles. The van der Waals surface area contributed by atoms with E-state index in [1.165, 1.54) is 12.1 Å². The van der Waals surface area contributed by atoms with Crippen LogP contribution in [0.25, 0.3) is 0 Å². The number of carbonyl (C=O) groups excluding carboxylic acids is 1. The largest absolute Gasteiger partial charge is 0.392 e. The van der Waals surface area contributed by atoms with Gasteiger partial charge < -0.3 is 20.0 Å². The maximum atomic E-state index is 13.1. The Kier molecular flexibility index (Phi) is 5.88. The first-order valence-corrected chi connectivity index (χ1v) is 9.01. The van der Waals surface area contributed by atoms with E-state index in [-0.39, 0.29) is 24.4 Å². The summed E-state index contributed by atoms with van der Waals surface area (Å²) >= 11 is 0. The Morgan fingerprint density at radius 1 is 1.38 bits per heavy atom. The standard InChI is InChI=1S/C19H25FN2O4/c1-13(23)12-21-18(24)19(6-8-25-9-7-19)11-16-10-17(22-26-16)14-2-4-15(20)5-3-14/h2-5,13,16,23H,6-12H2,1H3,(H,21,24)/t13-,16-/m1/s1. The van der Waals surface area contributed by atoms with Crippen molar-refractivity contribution < 1.29 is 23.9 Å². The molecule has 142 valence electrons. The number of carbonyl (C=O) groups is 1. The molecule has 2 aliphatic rings. The summed E-state index contributed by atoms with van der Waals surface area (Å²) in [6, 6.07) is 6.15. The SMILES string of the molecule is C[C@@H](O)CNC(=O)C1(C[C@H]2CC(c3ccc(F)cc3)=NO2)CCOCC1. The van der Waals surface area contributed by atoms with E-state index in [4.69, 9.17) is 9.57 Å². The summed E-state index contributed by atoms with van der Waals surface area (Å²) in [6.45, 7) is 2.92. The van der Waals surface area contributed by atoms with Gasteiger partial charge in [-0.15, -0.1) is 0 Å². The molecule has 0 radical (unpaired) electrons. The Morgan fingerprint density at radius 3 is 2.73 bits per heavy atom. The smallest absolute Gasteiger partial charge is 0.226 e. The van der Waals surface area contributed by atoms with E-state index in [0.29, 0.717) is 38.9 Å². The van der Waals surface area contributed by atoms with Gasteiger partial charge in [0.25, 0.3) is 0 Å². The first kappa shape index (κ1) is 18.8. The van der Waals surface area contributed by atoms with Gasteiger partial charge in [-0.2, -0.15) is 0 Å². The Hall–Kier alpha value is -1.99. The van der Waals surface area contributed by atoms with Crippen LogP contribution < -0.4 is 5.32 Å². The van der Waals surface area contributed by atoms with Gasteiger partial charge >= 0.3 is 0 Å². The van der Waals surface area contributed by atoms with E-state index in [2.05, 4.69) is 10.5 Å². The molecule has 0 saturated carbocycles. The summed E-state index contributed by atoms with van der Waals surface area (Å²) in [7, 11) is 0. The van der Waals surface area contributed by atoms with Crippen molar-refractivity contribution in [3.63, 3.8) is 0 Å². The van der Waals surface area contributed by atoms with Gasteiger partial charge in [0.2, 0.25) is 5.91 Å². The number of rotatable bonds is 6. The van der Waals surface area contributed by atoms with Crippen LogP contribution in [0.3, 0.4) is 0 Å². The molecule has 2 aliphatic heterocycles. The van der Waals surface area contributed by atoms with Crippen LogP contribution in [0.5, 0.6) is 0 Å². The maximum absolute atomic E-state index is 13.1. The number of amides is 1. The fourth-order valence-electron chi connectivity index (χ4n) is 3.50. The first-order chi connectivity index (χ1) is 12.5. The van der Waals surface area contributed by atoms with Gasteiger partial charge in [-0.25, -0.2) is 4.39 Å². The van der Waals surface area contributed by atoms with Crippen LogP contribution >= 0.6 is 0 Å². The predicted octanol–water partition coefficient (Wildman–Crippen LogP) is 2.00. The van der Waals surface area contributed by atoms with Crippen LogP contribution in [0.4, 0.5) is 4.39 Å². The maximum Gasteiger partial charge on any atom is 0.226 e. The highest BCUT2D eigenvalue weighted by Crippen LogP contribution is 2.38. The number of hydrogen-bond donors (Lipinski definition) is 2. The van der Waals surface area contributed by atoms with Crippen LogP contribution in [0, 0.1) is 11.2 Å². The van der Waals surface area contributed by atoms with Gasteiger partial charge in [0.1, 0.15) is 11.9 Å². The van der Waals surface area contributed by atoms with E-state index >= 15 is 0 Å². The van der Waals surface area contributed by atoms with Crippen molar-refractivity contribution in [3.05, 3.63) is 35.6 Å². The highest BCUT2D eigenvalue weighted by Gasteiger charge is 2.43. The quantitative estimate of drug-likeness (QED) is 0.809. The molecule has 2 heterocycles. The second-order valence-electron chi connectivity index (χ2n) is 7.13. The van der Waals surface area contributed by atoms with Crippen molar-refractivity contribution in [2.45, 2.75) is 44.8 Å². The molecule has 0 spiro atoms. The number of aliphatic hydroxyl groups is 1. The summed E-state index contributed by atoms with van der Waals surface area (Å²) in [5, 5.41) is 16.4. The molecule has 7 heteroatoms. The van der Waals surface area contributed by atoms with Crippen molar-refractivity contribution in [2.75, 3.05) is 19.8 Å². The van der Waals surface area contributed by atoms with E-state index in [1.54, 1.807) is 19.1 Å². The average molecular weight is 364 g/mol. The molecule has 1 fully saturated rings. The number of halogens is 1. The lowest BCUT2D eigenvalue weighted by Gasteiger charge is -2.37. The molecule has 2 N–H and O–H groups in total. The minimum absolute atomic E-state index is 0.0690. The number of ether oxygens (including phenoxy) is 1. The molecule has 3 rings (SSSR count). The first-order valence-electron chi connectivity index (χ1n) is 9.01. The topological polar surface area (TPSA) is 80.2 Å². The molecule has 0 unspecified atom stereocenters. The zero-order valence-corrected chi connectivity index (χ0v) is 14.9. The zero-order valence-electron chi connectivity index (χ0n) is 14.9. The number of benzene rings is 1. The molecule has 0 aliphatic carbocycles. The molecule has 0 aromatic heterocycles. The molecule has 1 aromatic rings. The van der Waals surface area contributed by atoms with E-state index in [0.717, 1.165) is 11.3 Å². The minimum Gasteiger partial charge on any atom is -0.392 e. The number of oxime groups is 1. The van der Waals surface area contributed by atoms with E-state index < -0.39 is 11.5 Å². The van der Waals surface area contributed by atoms with Crippen molar-refractivity contribution in [1.29, 1.82) is 0 Å². The van der Waals surface area contributed by atoms with E-state index in [9.17, 15) is 14.3 Å². The Balaban J connectivity index is 1.65. The third-order valence-electron chi connectivity index (χ3n) is 5.02. The highest BCUT2D eigenvalue weighted by molar-refractivity contribution is 6.01. The molecular formula is C19H25FN2O4. The predicted molar refractivity (Wildman–Crippen MR) is 94.2 cm³/mol. The van der Waals surface area contributed by atoms with Crippen LogP contribution in [-0.2, 0) is 14.4 Å². The monoisotopic (exact) mass is 364 g/mol. The number of aliphatic hydroxyl groups excluding tert-OH is 1. The highest BCUT2D eigenvalue weighted by atomic mass is 19.1. The van der Waals surface area contributed by atoms with Crippen molar-refractivity contribution in [3.8, 4) is 0 Å². The van der Waals surface area contributed by atoms with Crippen LogP contribution in [-0.4, -0.2) is 48.7 Å². The second kappa shape index (κ2) is 8.14. The number of nitrogens with zero attached hydrogens (tertiary/aromatic N) is 1. The van der Waals surface area contributed by atoms with Gasteiger partial charge in [0.05, 0.1) is 17.2 Å². The second-order valence-corrected chi connectivity index (χ2v) is 7.13. The summed E-state index contributed by atoms with van der Waals surface area (Å²) in [4.78, 5) is 18.4. The third kappa shape index (κ3) is 4.40. The van der Waals surface area contributed by atoms with Gasteiger partial charge in [-0.05, 0) is 37.5 Å². The van der Waals surface area contributed by atoms with Crippen LogP contribution in [0.1, 0.15) is 38.2 Å². The minimum atomic E-state index is -0.591. The Bertz CT molecular complexity index is 654. The number of nitrogens with one attached hydrogen (secondary N) is 1. The van der Waals surface area contributed by atoms with Gasteiger partial charge in [0, 0.05) is 32.6 Å². The molecule has 6 nitrogen and oxygen atoms in total. The summed E-state index contributed by atoms with van der Waals surface area (Å²) in [5.41, 5.74) is 1.01. The summed E-state index contributed by atoms with van der Waals surface area (Å²) in [5.74, 6) is -0.360. The molecule has 2 atom stereocenters. The lowest BCUT2D eigenvalue weighted by atomic mass is 9.74. The van der Waals surface area contributed by atoms with E-state index in [1.807, 2.05) is 0 Å². The zero-order chi connectivity index (χ0) is 18.6. The molecule has 1 amide bonds. The molecule has 1 aromatic carbocycles. The lowest BCUT2D eigenvalue weighted by Crippen LogP contribution is -2.48. The Labute approximate surface area is 152 Å². The lowest BCUT2D eigenvalue weighted by molar-refractivity contribution is -0.140. The Morgan fingerprint density at radius 2 is 2.08 bits per heavy atom. The molecule has 0 bridgehead atoms. The van der Waals surface area contributed by atoms with Gasteiger partial charge in [0.15, 0.2) is 0 Å². The van der Waals surface area contributed by atoms with Crippen molar-refractivity contribution in [1.82, 2.24) is 5.32 Å². The summed E-state index contributed by atoms with van der Waals surface area (Å²) < 4.78 is 18.5. The number of hydrogen-bond acceptors (Lipinski definition) is 5. The van der Waals surface area contributed by atoms with Gasteiger partial charge in [-0.3, -0.25) is 4.79 Å².